The average molecular weight is 397 g/mol. The molecule has 7 heteroatoms. The van der Waals surface area contributed by atoms with Crippen LogP contribution in [-0.4, -0.2) is 17.3 Å². The zero-order valence-corrected chi connectivity index (χ0v) is 12.0. The van der Waals surface area contributed by atoms with Crippen molar-refractivity contribution in [2.24, 2.45) is 0 Å². The molecular formula is C9H5Cl3FIO2. The molecule has 1 N–H and O–H groups in total. The first-order chi connectivity index (χ1) is 7.35. The van der Waals surface area contributed by atoms with Gasteiger partial charge in [0, 0.05) is 0 Å². The van der Waals surface area contributed by atoms with E-state index in [4.69, 9.17) is 39.9 Å². The van der Waals surface area contributed by atoms with Crippen molar-refractivity contribution in [2.45, 2.75) is 6.26 Å². The van der Waals surface area contributed by atoms with Gasteiger partial charge < -0.3 is 0 Å². The molecule has 0 spiro atoms. The summed E-state index contributed by atoms with van der Waals surface area (Å²) in [6.07, 6.45) is 0. The van der Waals surface area contributed by atoms with E-state index in [1.165, 1.54) is 18.2 Å². The predicted molar refractivity (Wildman–Crippen MR) is 70.0 cm³/mol. The average Bonchev–Trinajstić information content (AvgIpc) is 2.74. The summed E-state index contributed by atoms with van der Waals surface area (Å²) in [5, 5.41) is 8.88. The van der Waals surface area contributed by atoms with E-state index in [-0.39, 0.29) is 5.02 Å². The number of alkyl halides is 4. The van der Waals surface area contributed by atoms with Crippen molar-refractivity contribution >= 4 is 60.6 Å². The molecule has 2 nitrogen and oxygen atoms in total. The summed E-state index contributed by atoms with van der Waals surface area (Å²) in [6.45, 7) is 0. The number of carboxylic acid groups (broad SMARTS) is 1. The molecule has 0 aromatic heterocycles. The zero-order chi connectivity index (χ0) is 12.1. The summed E-state index contributed by atoms with van der Waals surface area (Å²) in [5.41, 5.74) is 0. The fraction of sp³-hybridized carbons (Fsp3) is 0.222. The van der Waals surface area contributed by atoms with Crippen molar-refractivity contribution in [1.29, 1.82) is 0 Å². The number of benzene rings is 1. The van der Waals surface area contributed by atoms with Crippen LogP contribution in [0.5, 0.6) is 0 Å². The predicted octanol–water partition coefficient (Wildman–Crippen LogP) is 3.75. The van der Waals surface area contributed by atoms with Crippen LogP contribution >= 0.6 is 54.6 Å². The molecule has 88 valence electrons. The topological polar surface area (TPSA) is 37.3 Å². The molecule has 0 radical (unpaired) electrons. The number of hydrogen-bond acceptors (Lipinski definition) is 1. The second-order valence-corrected chi connectivity index (χ2v) is 12.2. The van der Waals surface area contributed by atoms with Crippen molar-refractivity contribution in [2.75, 3.05) is 0 Å². The Balaban J connectivity index is 2.33. The van der Waals surface area contributed by atoms with Gasteiger partial charge in [0.25, 0.3) is 0 Å². The molecule has 1 fully saturated rings. The fourth-order valence-electron chi connectivity index (χ4n) is 1.31. The summed E-state index contributed by atoms with van der Waals surface area (Å²) in [6, 6.07) is 4.13. The van der Waals surface area contributed by atoms with Gasteiger partial charge in [-0.05, 0) is 0 Å². The third-order valence-electron chi connectivity index (χ3n) is 2.06. The number of aliphatic carboxylic acids is 1. The minimum absolute atomic E-state index is 0.0324. The van der Waals surface area contributed by atoms with E-state index >= 15 is 0 Å². The number of carbonyl (C=O) groups is 1. The molecule has 2 rings (SSSR count). The van der Waals surface area contributed by atoms with Crippen LogP contribution in [0.25, 0.3) is 0 Å². The van der Waals surface area contributed by atoms with Crippen LogP contribution in [0.4, 0.5) is 4.39 Å². The number of halogens is 5. The number of hydrogen-bond donors (Lipinski definition) is 1. The van der Waals surface area contributed by atoms with Gasteiger partial charge in [-0.1, -0.05) is 0 Å². The summed E-state index contributed by atoms with van der Waals surface area (Å²) in [5.74, 6) is -1.54. The van der Waals surface area contributed by atoms with E-state index in [1.807, 2.05) is 0 Å². The summed E-state index contributed by atoms with van der Waals surface area (Å²) in [4.78, 5) is 10.9. The van der Waals surface area contributed by atoms with Crippen LogP contribution in [-0.2, 0) is 4.79 Å². The summed E-state index contributed by atoms with van der Waals surface area (Å²) in [7, 11) is 0. The van der Waals surface area contributed by atoms with Crippen molar-refractivity contribution < 1.29 is 14.3 Å². The molecule has 1 atom stereocenters. The SMILES string of the molecule is O=C(O)[C@H]1I(c2ccc(F)c(Cl)c2)C1(Cl)Cl. The molecule has 0 amide bonds. The van der Waals surface area contributed by atoms with Gasteiger partial charge in [0.05, 0.1) is 0 Å². The maximum atomic E-state index is 12.9. The first kappa shape index (κ1) is 12.7. The molecule has 1 aliphatic rings. The van der Waals surface area contributed by atoms with E-state index in [9.17, 15) is 9.18 Å². The Labute approximate surface area is 113 Å². The molecule has 0 aliphatic carbocycles. The number of rotatable bonds is 2. The van der Waals surface area contributed by atoms with E-state index in [1.54, 1.807) is 0 Å². The van der Waals surface area contributed by atoms with Crippen molar-refractivity contribution in [3.63, 3.8) is 0 Å². The van der Waals surface area contributed by atoms with Gasteiger partial charge in [0.1, 0.15) is 0 Å². The molecule has 1 aromatic carbocycles. The van der Waals surface area contributed by atoms with E-state index in [0.717, 1.165) is 0 Å². The molecule has 16 heavy (non-hydrogen) atoms. The second-order valence-electron chi connectivity index (χ2n) is 3.11. The zero-order valence-electron chi connectivity index (χ0n) is 7.55. The van der Waals surface area contributed by atoms with E-state index in [0.29, 0.717) is 3.57 Å². The van der Waals surface area contributed by atoms with Gasteiger partial charge in [-0.15, -0.1) is 0 Å². The van der Waals surface area contributed by atoms with Crippen LogP contribution in [0, 0.1) is 9.39 Å². The minimum atomic E-state index is -2.22. The van der Waals surface area contributed by atoms with E-state index in [2.05, 4.69) is 0 Å². The maximum absolute atomic E-state index is 12.9. The van der Waals surface area contributed by atoms with Gasteiger partial charge >= 0.3 is 114 Å². The first-order valence-electron chi connectivity index (χ1n) is 4.10. The van der Waals surface area contributed by atoms with Crippen LogP contribution < -0.4 is 0 Å². The van der Waals surface area contributed by atoms with Crippen molar-refractivity contribution in [1.82, 2.24) is 0 Å². The van der Waals surface area contributed by atoms with Crippen LogP contribution in [0.2, 0.25) is 5.02 Å². The summed E-state index contributed by atoms with van der Waals surface area (Å²) >= 11 is 15.2. The monoisotopic (exact) mass is 396 g/mol. The Morgan fingerprint density at radius 3 is 2.56 bits per heavy atom. The van der Waals surface area contributed by atoms with E-state index < -0.39 is 37.9 Å². The van der Waals surface area contributed by atoms with Crippen molar-refractivity contribution in [3.05, 3.63) is 32.6 Å². The van der Waals surface area contributed by atoms with Gasteiger partial charge in [-0.25, -0.2) is 0 Å². The standard InChI is InChI=1S/C9H5Cl3FIO2/c10-5-3-4(1-2-6(5)13)14-7(8(15)16)9(14,11)12/h1-3,7H,(H,15,16)/t7-/m1/s1. The molecule has 1 aliphatic heterocycles. The molecule has 0 saturated carbocycles. The Morgan fingerprint density at radius 2 is 2.12 bits per heavy atom. The van der Waals surface area contributed by atoms with Gasteiger partial charge in [0.2, 0.25) is 0 Å². The Kier molecular flexibility index (Phi) is 3.29. The Morgan fingerprint density at radius 1 is 1.50 bits per heavy atom. The van der Waals surface area contributed by atoms with Gasteiger partial charge in [-0.3, -0.25) is 0 Å². The molecule has 1 aromatic rings. The van der Waals surface area contributed by atoms with Crippen LogP contribution in [0.3, 0.4) is 0 Å². The molecule has 0 bridgehead atoms. The normalized spacial score (nSPS) is 24.2. The molecular weight excluding hydrogens is 392 g/mol. The number of carboxylic acids is 1. The summed E-state index contributed by atoms with van der Waals surface area (Å²) < 4.78 is 11.7. The Bertz CT molecular complexity index is 466. The van der Waals surface area contributed by atoms with Gasteiger partial charge in [0.15, 0.2) is 0 Å². The van der Waals surface area contributed by atoms with Crippen LogP contribution in [0.1, 0.15) is 0 Å². The quantitative estimate of drug-likeness (QED) is 0.469. The Hall–Kier alpha value is 0.220. The molecule has 1 heterocycles. The van der Waals surface area contributed by atoms with Crippen molar-refractivity contribution in [3.8, 4) is 0 Å². The first-order valence-corrected chi connectivity index (χ1v) is 8.63. The second kappa shape index (κ2) is 4.15. The third-order valence-corrected chi connectivity index (χ3v) is 11.8. The van der Waals surface area contributed by atoms with Gasteiger partial charge in [-0.2, -0.15) is 0 Å². The fourth-order valence-corrected chi connectivity index (χ4v) is 10.1. The molecule has 1 saturated heterocycles. The third kappa shape index (κ3) is 2.00. The molecule has 0 unspecified atom stereocenters. The van der Waals surface area contributed by atoms with Crippen LogP contribution in [0.15, 0.2) is 18.2 Å².